The van der Waals surface area contributed by atoms with Gasteiger partial charge in [-0.05, 0) is 36.5 Å². The Balaban J connectivity index is 2.68. The summed E-state index contributed by atoms with van der Waals surface area (Å²) in [6.07, 6.45) is 0.792. The maximum absolute atomic E-state index is 12.3. The van der Waals surface area contributed by atoms with Gasteiger partial charge in [0.1, 0.15) is 0 Å². The lowest BCUT2D eigenvalue weighted by Crippen LogP contribution is -2.38. The average molecular weight is 341 g/mol. The quantitative estimate of drug-likeness (QED) is 0.859. The lowest BCUT2D eigenvalue weighted by molar-refractivity contribution is -0.126. The molecule has 0 aliphatic carbocycles. The molecule has 0 fully saturated rings. The van der Waals surface area contributed by atoms with Crippen LogP contribution in [0.4, 0.5) is 0 Å². The number of hydrogen-bond acceptors (Lipinski definition) is 2. The normalized spacial score (nSPS) is 14.7. The smallest absolute Gasteiger partial charge is 0.224 e. The van der Waals surface area contributed by atoms with Gasteiger partial charge in [-0.3, -0.25) is 4.79 Å². The Morgan fingerprint density at radius 1 is 1.40 bits per heavy atom. The summed E-state index contributed by atoms with van der Waals surface area (Å²) in [5, 5.41) is 3.06. The van der Waals surface area contributed by atoms with E-state index in [-0.39, 0.29) is 23.3 Å². The van der Waals surface area contributed by atoms with E-state index in [1.807, 2.05) is 31.2 Å². The van der Waals surface area contributed by atoms with Crippen molar-refractivity contribution in [2.24, 2.45) is 17.1 Å². The molecule has 3 N–H and O–H groups in total. The van der Waals surface area contributed by atoms with Crippen LogP contribution in [0.15, 0.2) is 28.7 Å². The molecule has 3 nitrogen and oxygen atoms in total. The lowest BCUT2D eigenvalue weighted by Gasteiger charge is -2.26. The van der Waals surface area contributed by atoms with E-state index >= 15 is 0 Å². The molecule has 0 aliphatic heterocycles. The summed E-state index contributed by atoms with van der Waals surface area (Å²) < 4.78 is 1.01. The molecule has 0 heterocycles. The second-order valence-electron chi connectivity index (χ2n) is 6.48. The predicted molar refractivity (Wildman–Crippen MR) is 87.3 cm³/mol. The van der Waals surface area contributed by atoms with Crippen LogP contribution in [0.2, 0.25) is 0 Å². The summed E-state index contributed by atoms with van der Waals surface area (Å²) in [6, 6.07) is 7.95. The van der Waals surface area contributed by atoms with Gasteiger partial charge in [-0.2, -0.15) is 0 Å². The number of amides is 1. The van der Waals surface area contributed by atoms with Crippen LogP contribution in [0.3, 0.4) is 0 Å². The lowest BCUT2D eigenvalue weighted by atomic mass is 9.84. The van der Waals surface area contributed by atoms with Crippen molar-refractivity contribution in [1.82, 2.24) is 5.32 Å². The third kappa shape index (κ3) is 5.63. The van der Waals surface area contributed by atoms with E-state index in [9.17, 15) is 4.79 Å². The zero-order chi connectivity index (χ0) is 15.3. The predicted octanol–water partition coefficient (Wildman–Crippen LogP) is 3.64. The molecular weight excluding hydrogens is 316 g/mol. The van der Waals surface area contributed by atoms with Crippen LogP contribution < -0.4 is 11.1 Å². The van der Waals surface area contributed by atoms with Crippen LogP contribution in [0.1, 0.15) is 45.7 Å². The molecule has 1 aromatic carbocycles. The van der Waals surface area contributed by atoms with E-state index in [4.69, 9.17) is 5.73 Å². The van der Waals surface area contributed by atoms with Crippen molar-refractivity contribution in [2.75, 3.05) is 6.54 Å². The standard InChI is InChI=1S/C16H25BrN2O/c1-11(12-6-5-7-14(17)8-12)19-15(20)13(10-18)9-16(2,3)4/h5-8,11,13H,9-10,18H2,1-4H3,(H,19,20). The fraction of sp³-hybridized carbons (Fsp3) is 0.562. The number of nitrogens with one attached hydrogen (secondary N) is 1. The number of halogens is 1. The number of nitrogens with two attached hydrogens (primary N) is 1. The minimum atomic E-state index is -0.135. The molecule has 0 saturated heterocycles. The molecule has 0 aliphatic rings. The van der Waals surface area contributed by atoms with Crippen LogP contribution in [-0.2, 0) is 4.79 Å². The third-order valence-electron chi connectivity index (χ3n) is 3.22. The first-order chi connectivity index (χ1) is 9.23. The van der Waals surface area contributed by atoms with Gasteiger partial charge in [0.05, 0.1) is 12.0 Å². The average Bonchev–Trinajstić information content (AvgIpc) is 2.34. The largest absolute Gasteiger partial charge is 0.349 e. The molecular formula is C16H25BrN2O. The molecule has 0 saturated carbocycles. The van der Waals surface area contributed by atoms with E-state index in [1.54, 1.807) is 0 Å². The van der Waals surface area contributed by atoms with Gasteiger partial charge in [-0.1, -0.05) is 48.8 Å². The highest BCUT2D eigenvalue weighted by Gasteiger charge is 2.24. The Hall–Kier alpha value is -0.870. The minimum Gasteiger partial charge on any atom is -0.349 e. The number of benzene rings is 1. The molecule has 20 heavy (non-hydrogen) atoms. The van der Waals surface area contributed by atoms with Crippen molar-refractivity contribution >= 4 is 21.8 Å². The van der Waals surface area contributed by atoms with Gasteiger partial charge in [0.2, 0.25) is 5.91 Å². The number of rotatable bonds is 5. The first-order valence-corrected chi connectivity index (χ1v) is 7.78. The van der Waals surface area contributed by atoms with Crippen LogP contribution in [0.5, 0.6) is 0 Å². The monoisotopic (exact) mass is 340 g/mol. The van der Waals surface area contributed by atoms with Gasteiger partial charge >= 0.3 is 0 Å². The molecule has 2 unspecified atom stereocenters. The van der Waals surface area contributed by atoms with Gasteiger partial charge in [-0.15, -0.1) is 0 Å². The molecule has 0 radical (unpaired) electrons. The molecule has 2 atom stereocenters. The summed E-state index contributed by atoms with van der Waals surface area (Å²) >= 11 is 3.45. The Labute approximate surface area is 130 Å². The zero-order valence-corrected chi connectivity index (χ0v) is 14.3. The van der Waals surface area contributed by atoms with Crippen LogP contribution in [0, 0.1) is 11.3 Å². The SMILES string of the molecule is CC(NC(=O)C(CN)CC(C)(C)C)c1cccc(Br)c1. The second kappa shape index (κ2) is 7.23. The first kappa shape index (κ1) is 17.2. The Kier molecular flexibility index (Phi) is 6.21. The highest BCUT2D eigenvalue weighted by molar-refractivity contribution is 9.10. The number of carbonyl (C=O) groups excluding carboxylic acids is 1. The van der Waals surface area contributed by atoms with E-state index in [1.165, 1.54) is 0 Å². The van der Waals surface area contributed by atoms with Crippen molar-refractivity contribution in [3.63, 3.8) is 0 Å². The van der Waals surface area contributed by atoms with Crippen LogP contribution >= 0.6 is 15.9 Å². The maximum atomic E-state index is 12.3. The summed E-state index contributed by atoms with van der Waals surface area (Å²) in [4.78, 5) is 12.3. The molecule has 0 aromatic heterocycles. The maximum Gasteiger partial charge on any atom is 0.224 e. The number of hydrogen-bond donors (Lipinski definition) is 2. The van der Waals surface area contributed by atoms with Gasteiger partial charge in [-0.25, -0.2) is 0 Å². The van der Waals surface area contributed by atoms with E-state index in [2.05, 4.69) is 42.0 Å². The number of carbonyl (C=O) groups is 1. The van der Waals surface area contributed by atoms with Crippen LogP contribution in [-0.4, -0.2) is 12.5 Å². The van der Waals surface area contributed by atoms with E-state index in [0.29, 0.717) is 6.54 Å². The van der Waals surface area contributed by atoms with Crippen molar-refractivity contribution in [2.45, 2.75) is 40.2 Å². The van der Waals surface area contributed by atoms with Crippen molar-refractivity contribution in [3.05, 3.63) is 34.3 Å². The molecule has 0 bridgehead atoms. The minimum absolute atomic E-state index is 0.0194. The summed E-state index contributed by atoms with van der Waals surface area (Å²) in [7, 11) is 0. The van der Waals surface area contributed by atoms with Crippen molar-refractivity contribution in [3.8, 4) is 0 Å². The van der Waals surface area contributed by atoms with Crippen molar-refractivity contribution in [1.29, 1.82) is 0 Å². The first-order valence-electron chi connectivity index (χ1n) is 6.99. The summed E-state index contributed by atoms with van der Waals surface area (Å²) in [6.45, 7) is 8.75. The summed E-state index contributed by atoms with van der Waals surface area (Å²) in [5.74, 6) is -0.0977. The van der Waals surface area contributed by atoms with Gasteiger partial charge in [0.25, 0.3) is 0 Å². The zero-order valence-electron chi connectivity index (χ0n) is 12.7. The van der Waals surface area contributed by atoms with Crippen LogP contribution in [0.25, 0.3) is 0 Å². The Bertz CT molecular complexity index is 454. The molecule has 1 rings (SSSR count). The van der Waals surface area contributed by atoms with E-state index in [0.717, 1.165) is 16.5 Å². The van der Waals surface area contributed by atoms with Gasteiger partial charge in [0, 0.05) is 11.0 Å². The van der Waals surface area contributed by atoms with Gasteiger partial charge in [0.15, 0.2) is 0 Å². The summed E-state index contributed by atoms with van der Waals surface area (Å²) in [5.41, 5.74) is 6.93. The molecule has 0 spiro atoms. The van der Waals surface area contributed by atoms with Gasteiger partial charge < -0.3 is 11.1 Å². The van der Waals surface area contributed by atoms with Crippen molar-refractivity contribution < 1.29 is 4.79 Å². The molecule has 4 heteroatoms. The molecule has 112 valence electrons. The fourth-order valence-corrected chi connectivity index (χ4v) is 2.63. The Morgan fingerprint density at radius 3 is 2.55 bits per heavy atom. The third-order valence-corrected chi connectivity index (χ3v) is 3.71. The fourth-order valence-electron chi connectivity index (χ4n) is 2.21. The highest BCUT2D eigenvalue weighted by atomic mass is 79.9. The molecule has 1 aromatic rings. The highest BCUT2D eigenvalue weighted by Crippen LogP contribution is 2.25. The topological polar surface area (TPSA) is 55.1 Å². The Morgan fingerprint density at radius 2 is 2.05 bits per heavy atom. The van der Waals surface area contributed by atoms with E-state index < -0.39 is 0 Å². The second-order valence-corrected chi connectivity index (χ2v) is 7.40. The molecule has 1 amide bonds.